The molecule has 0 saturated carbocycles. The summed E-state index contributed by atoms with van der Waals surface area (Å²) in [7, 11) is 0. The highest BCUT2D eigenvalue weighted by atomic mass is 35.5. The molecule has 1 aliphatic carbocycles. The molecule has 1 unspecified atom stereocenters. The van der Waals surface area contributed by atoms with Crippen LogP contribution >= 0.6 is 23.2 Å². The van der Waals surface area contributed by atoms with Gasteiger partial charge in [0.1, 0.15) is 23.1 Å². The first-order valence-electron chi connectivity index (χ1n) is 11.2. The lowest BCUT2D eigenvalue weighted by molar-refractivity contribution is -0.139. The van der Waals surface area contributed by atoms with Crippen molar-refractivity contribution >= 4 is 29.2 Å². The van der Waals surface area contributed by atoms with Crippen molar-refractivity contribution in [2.24, 2.45) is 5.41 Å². The summed E-state index contributed by atoms with van der Waals surface area (Å²) in [5, 5.41) is 34.0. The second-order valence-electron chi connectivity index (χ2n) is 9.34. The SMILES string of the molecule is N#C[C@]1(c2ccc(Cl)cc2F)[C@H](CC2(CO)CC=CCC2)N[C@@H](C(=O)O)[C@@H]1c1cccc(Cl)c1F. The van der Waals surface area contributed by atoms with Crippen molar-refractivity contribution in [2.75, 3.05) is 6.61 Å². The van der Waals surface area contributed by atoms with Gasteiger partial charge >= 0.3 is 5.97 Å². The molecule has 0 amide bonds. The van der Waals surface area contributed by atoms with E-state index in [-0.39, 0.29) is 34.2 Å². The zero-order valence-corrected chi connectivity index (χ0v) is 20.2. The molecule has 5 nitrogen and oxygen atoms in total. The van der Waals surface area contributed by atoms with E-state index in [0.717, 1.165) is 6.07 Å². The third-order valence-corrected chi connectivity index (χ3v) is 7.96. The summed E-state index contributed by atoms with van der Waals surface area (Å²) in [4.78, 5) is 12.4. The molecule has 3 N–H and O–H groups in total. The molecule has 0 radical (unpaired) electrons. The van der Waals surface area contributed by atoms with Gasteiger partial charge in [-0.25, -0.2) is 8.78 Å². The lowest BCUT2D eigenvalue weighted by atomic mass is 9.61. The number of rotatable bonds is 6. The molecule has 184 valence electrons. The molecule has 0 bridgehead atoms. The smallest absolute Gasteiger partial charge is 0.321 e. The molecule has 2 aliphatic rings. The van der Waals surface area contributed by atoms with E-state index in [1.807, 2.05) is 12.2 Å². The minimum Gasteiger partial charge on any atom is -0.480 e. The Morgan fingerprint density at radius 3 is 2.60 bits per heavy atom. The molecule has 35 heavy (non-hydrogen) atoms. The number of halogens is 4. The van der Waals surface area contributed by atoms with Crippen LogP contribution in [0.4, 0.5) is 8.78 Å². The van der Waals surface area contributed by atoms with Crippen molar-refractivity contribution in [1.82, 2.24) is 5.32 Å². The van der Waals surface area contributed by atoms with E-state index in [2.05, 4.69) is 11.4 Å². The maximum absolute atomic E-state index is 15.5. The van der Waals surface area contributed by atoms with Gasteiger partial charge in [-0.05, 0) is 54.9 Å². The Morgan fingerprint density at radius 1 is 1.23 bits per heavy atom. The van der Waals surface area contributed by atoms with Crippen molar-refractivity contribution < 1.29 is 23.8 Å². The van der Waals surface area contributed by atoms with Crippen LogP contribution in [0.1, 0.15) is 42.7 Å². The number of aliphatic hydroxyl groups excluding tert-OH is 1. The Kier molecular flexibility index (Phi) is 7.21. The molecule has 4 rings (SSSR count). The Hall–Kier alpha value is -2.50. The molecule has 0 aromatic heterocycles. The fourth-order valence-electron chi connectivity index (χ4n) is 5.70. The van der Waals surface area contributed by atoms with Gasteiger partial charge in [-0.15, -0.1) is 0 Å². The molecular weight excluding hydrogens is 497 g/mol. The lowest BCUT2D eigenvalue weighted by Crippen LogP contribution is -2.47. The summed E-state index contributed by atoms with van der Waals surface area (Å²) in [5.74, 6) is -4.29. The summed E-state index contributed by atoms with van der Waals surface area (Å²) in [5.41, 5.74) is -2.68. The summed E-state index contributed by atoms with van der Waals surface area (Å²) in [6.45, 7) is -0.200. The standard InChI is InChI=1S/C26H24Cl2F2N2O3/c27-15-7-8-17(19(29)11-15)26(13-31)20(12-25(14-33)9-2-1-3-10-25)32-23(24(34)35)21(26)16-5-4-6-18(28)22(16)30/h1-2,4-8,11,20-21,23,32-33H,3,9-10,12,14H2,(H,34,35)/t20-,21-,23+,25?,26-/m0/s1. The molecule has 0 spiro atoms. The van der Waals surface area contributed by atoms with Gasteiger partial charge < -0.3 is 10.2 Å². The maximum atomic E-state index is 15.5. The molecule has 2 aromatic carbocycles. The Morgan fingerprint density at radius 2 is 2.00 bits per heavy atom. The molecule has 2 aromatic rings. The first kappa shape index (κ1) is 25.6. The molecule has 1 fully saturated rings. The van der Waals surface area contributed by atoms with Crippen molar-refractivity contribution in [3.63, 3.8) is 0 Å². The van der Waals surface area contributed by atoms with Gasteiger partial charge in [0.2, 0.25) is 0 Å². The molecule has 9 heteroatoms. The number of allylic oxidation sites excluding steroid dienone is 2. The molecule has 1 saturated heterocycles. The van der Waals surface area contributed by atoms with Crippen LogP contribution in [0, 0.1) is 28.4 Å². The average molecular weight is 521 g/mol. The third kappa shape index (κ3) is 4.34. The third-order valence-electron chi connectivity index (χ3n) is 7.43. The van der Waals surface area contributed by atoms with E-state index >= 15 is 8.78 Å². The van der Waals surface area contributed by atoms with Gasteiger partial charge in [0, 0.05) is 29.2 Å². The summed E-state index contributed by atoms with van der Waals surface area (Å²) in [6, 6.07) is 7.83. The number of nitrogens with one attached hydrogen (secondary N) is 1. The van der Waals surface area contributed by atoms with Gasteiger partial charge in [0.25, 0.3) is 0 Å². The van der Waals surface area contributed by atoms with Crippen LogP contribution in [0.3, 0.4) is 0 Å². The Bertz CT molecular complexity index is 1220. The monoisotopic (exact) mass is 520 g/mol. The highest BCUT2D eigenvalue weighted by molar-refractivity contribution is 6.31. The number of carboxylic acid groups (broad SMARTS) is 1. The van der Waals surface area contributed by atoms with E-state index in [1.165, 1.54) is 30.3 Å². The van der Waals surface area contributed by atoms with Crippen LogP contribution in [-0.4, -0.2) is 34.9 Å². The van der Waals surface area contributed by atoms with Crippen LogP contribution in [0.25, 0.3) is 0 Å². The van der Waals surface area contributed by atoms with E-state index in [4.69, 9.17) is 23.2 Å². The average Bonchev–Trinajstić information content (AvgIpc) is 3.16. The van der Waals surface area contributed by atoms with Crippen LogP contribution < -0.4 is 5.32 Å². The lowest BCUT2D eigenvalue weighted by Gasteiger charge is -2.41. The minimum atomic E-state index is -1.84. The predicted octanol–water partition coefficient (Wildman–Crippen LogP) is 5.35. The van der Waals surface area contributed by atoms with E-state index in [1.54, 1.807) is 0 Å². The number of aliphatic hydroxyl groups is 1. The predicted molar refractivity (Wildman–Crippen MR) is 128 cm³/mol. The molecular formula is C26H24Cl2F2N2O3. The van der Waals surface area contributed by atoms with E-state index in [0.29, 0.717) is 19.3 Å². The zero-order chi connectivity index (χ0) is 25.4. The van der Waals surface area contributed by atoms with Crippen molar-refractivity contribution in [2.45, 2.75) is 49.1 Å². The second-order valence-corrected chi connectivity index (χ2v) is 10.2. The summed E-state index contributed by atoms with van der Waals surface area (Å²) >= 11 is 12.0. The largest absolute Gasteiger partial charge is 0.480 e. The fraction of sp³-hybridized carbons (Fsp3) is 0.385. The number of aliphatic carboxylic acids is 1. The second kappa shape index (κ2) is 9.87. The van der Waals surface area contributed by atoms with Crippen LogP contribution in [0.15, 0.2) is 48.6 Å². The van der Waals surface area contributed by atoms with Crippen molar-refractivity contribution in [1.29, 1.82) is 5.26 Å². The minimum absolute atomic E-state index is 0.0885. The highest BCUT2D eigenvalue weighted by Crippen LogP contribution is 2.54. The number of hydrogen-bond acceptors (Lipinski definition) is 4. The number of carboxylic acids is 1. The Labute approximate surface area is 212 Å². The van der Waals surface area contributed by atoms with E-state index in [9.17, 15) is 20.3 Å². The number of nitrogens with zero attached hydrogens (tertiary/aromatic N) is 1. The van der Waals surface area contributed by atoms with Gasteiger partial charge in [-0.3, -0.25) is 10.1 Å². The Balaban J connectivity index is 1.99. The normalized spacial score (nSPS) is 30.2. The maximum Gasteiger partial charge on any atom is 0.321 e. The van der Waals surface area contributed by atoms with Crippen LogP contribution in [-0.2, 0) is 10.2 Å². The number of carbonyl (C=O) groups is 1. The highest BCUT2D eigenvalue weighted by Gasteiger charge is 2.62. The van der Waals surface area contributed by atoms with Crippen molar-refractivity contribution in [3.05, 3.63) is 81.4 Å². The van der Waals surface area contributed by atoms with Crippen molar-refractivity contribution in [3.8, 4) is 6.07 Å². The number of benzene rings is 2. The van der Waals surface area contributed by atoms with E-state index < -0.39 is 46.4 Å². The van der Waals surface area contributed by atoms with Gasteiger partial charge in [-0.2, -0.15) is 5.26 Å². The molecule has 1 aliphatic heterocycles. The summed E-state index contributed by atoms with van der Waals surface area (Å²) in [6.07, 6.45) is 5.94. The topological polar surface area (TPSA) is 93.4 Å². The van der Waals surface area contributed by atoms with Gasteiger partial charge in [-0.1, -0.05) is 53.6 Å². The summed E-state index contributed by atoms with van der Waals surface area (Å²) < 4.78 is 30.8. The van der Waals surface area contributed by atoms with Crippen LogP contribution in [0.5, 0.6) is 0 Å². The fourth-order valence-corrected chi connectivity index (χ4v) is 6.04. The first-order chi connectivity index (χ1) is 16.7. The number of nitriles is 1. The molecule has 5 atom stereocenters. The quantitative estimate of drug-likeness (QED) is 0.446. The molecule has 1 heterocycles. The van der Waals surface area contributed by atoms with Crippen LogP contribution in [0.2, 0.25) is 10.0 Å². The number of hydrogen-bond donors (Lipinski definition) is 3. The zero-order valence-electron chi connectivity index (χ0n) is 18.6. The first-order valence-corrected chi connectivity index (χ1v) is 12.0. The van der Waals surface area contributed by atoms with Gasteiger partial charge in [0.15, 0.2) is 0 Å². The van der Waals surface area contributed by atoms with Gasteiger partial charge in [0.05, 0.1) is 11.1 Å².